The highest BCUT2D eigenvalue weighted by Gasteiger charge is 2.32. The molecule has 0 bridgehead atoms. The molecule has 0 spiro atoms. The maximum atomic E-state index is 12.1. The molecule has 0 radical (unpaired) electrons. The molecule has 0 saturated carbocycles. The Morgan fingerprint density at radius 3 is 3.00 bits per heavy atom. The van der Waals surface area contributed by atoms with Crippen LogP contribution in [-0.4, -0.2) is 49.0 Å². The molecular weight excluding hydrogens is 310 g/mol. The molecule has 3 amide bonds. The van der Waals surface area contributed by atoms with E-state index in [0.29, 0.717) is 19.6 Å². The van der Waals surface area contributed by atoms with Crippen molar-refractivity contribution in [2.45, 2.75) is 32.4 Å². The molecule has 2 aliphatic rings. The predicted molar refractivity (Wildman–Crippen MR) is 87.5 cm³/mol. The van der Waals surface area contributed by atoms with E-state index in [0.717, 1.165) is 42.6 Å². The fourth-order valence-corrected chi connectivity index (χ4v) is 3.12. The molecule has 1 N–H and O–H groups in total. The summed E-state index contributed by atoms with van der Waals surface area (Å²) in [6.45, 7) is 3.52. The Morgan fingerprint density at radius 1 is 1.42 bits per heavy atom. The van der Waals surface area contributed by atoms with Gasteiger partial charge in [-0.3, -0.25) is 14.5 Å². The number of ether oxygens (including phenoxy) is 1. The first kappa shape index (κ1) is 16.3. The minimum absolute atomic E-state index is 0.144. The molecule has 24 heavy (non-hydrogen) atoms. The molecule has 7 heteroatoms. The smallest absolute Gasteiger partial charge is 0.414 e. The van der Waals surface area contributed by atoms with Crippen LogP contribution >= 0.6 is 0 Å². The maximum Gasteiger partial charge on any atom is 0.414 e. The summed E-state index contributed by atoms with van der Waals surface area (Å²) in [4.78, 5) is 37.5. The fourth-order valence-electron chi connectivity index (χ4n) is 3.12. The molecule has 0 aliphatic carbocycles. The summed E-state index contributed by atoms with van der Waals surface area (Å²) in [6, 6.07) is 5.86. The summed E-state index contributed by atoms with van der Waals surface area (Å²) in [5, 5.41) is 2.67. The molecule has 1 aromatic rings. The fraction of sp³-hybridized carbons (Fsp3) is 0.471. The van der Waals surface area contributed by atoms with E-state index in [4.69, 9.17) is 4.74 Å². The molecule has 0 aromatic heterocycles. The number of hydrogen-bond donors (Lipinski definition) is 1. The lowest BCUT2D eigenvalue weighted by atomic mass is 10.0. The standard InChI is InChI=1S/C17H21N3O4/c1-12(22)18-8-16-10-20(17(23)24-16)15-5-4-14-9-19(11-21)6-2-3-13(14)7-15/h4-5,7,11,16H,2-3,6,8-10H2,1H3,(H,18,22)/t16-/m0/s1. The third-order valence-corrected chi connectivity index (χ3v) is 4.37. The van der Waals surface area contributed by atoms with Crippen molar-refractivity contribution >= 4 is 24.1 Å². The number of cyclic esters (lactones) is 1. The van der Waals surface area contributed by atoms with E-state index in [1.54, 1.807) is 9.80 Å². The summed E-state index contributed by atoms with van der Waals surface area (Å²) >= 11 is 0. The molecule has 2 aliphatic heterocycles. The van der Waals surface area contributed by atoms with Crippen molar-refractivity contribution in [2.24, 2.45) is 0 Å². The van der Waals surface area contributed by atoms with Crippen LogP contribution < -0.4 is 10.2 Å². The van der Waals surface area contributed by atoms with Gasteiger partial charge in [0.2, 0.25) is 12.3 Å². The normalized spacial score (nSPS) is 20.2. The van der Waals surface area contributed by atoms with Gasteiger partial charge in [0.05, 0.1) is 13.1 Å². The number of rotatable bonds is 4. The topological polar surface area (TPSA) is 79.0 Å². The monoisotopic (exact) mass is 331 g/mol. The highest BCUT2D eigenvalue weighted by Crippen LogP contribution is 2.27. The van der Waals surface area contributed by atoms with Crippen LogP contribution in [0.4, 0.5) is 10.5 Å². The van der Waals surface area contributed by atoms with Crippen molar-refractivity contribution in [1.29, 1.82) is 0 Å². The summed E-state index contributed by atoms with van der Waals surface area (Å²) in [5.74, 6) is -0.144. The number of nitrogens with zero attached hydrogens (tertiary/aromatic N) is 2. The largest absolute Gasteiger partial charge is 0.442 e. The Kier molecular flexibility index (Phi) is 4.69. The Hall–Kier alpha value is -2.57. The lowest BCUT2D eigenvalue weighted by Gasteiger charge is -2.17. The summed E-state index contributed by atoms with van der Waals surface area (Å²) in [7, 11) is 0. The van der Waals surface area contributed by atoms with Crippen LogP contribution in [-0.2, 0) is 27.3 Å². The van der Waals surface area contributed by atoms with Gasteiger partial charge in [-0.05, 0) is 36.1 Å². The summed E-state index contributed by atoms with van der Waals surface area (Å²) in [6.07, 6.45) is 1.93. The van der Waals surface area contributed by atoms with Crippen molar-refractivity contribution in [3.05, 3.63) is 29.3 Å². The van der Waals surface area contributed by atoms with E-state index in [-0.39, 0.29) is 12.0 Å². The van der Waals surface area contributed by atoms with Crippen LogP contribution in [0.15, 0.2) is 18.2 Å². The molecule has 1 atom stereocenters. The van der Waals surface area contributed by atoms with Gasteiger partial charge in [0, 0.05) is 25.7 Å². The number of carbonyl (C=O) groups excluding carboxylic acids is 3. The van der Waals surface area contributed by atoms with E-state index >= 15 is 0 Å². The highest BCUT2D eigenvalue weighted by molar-refractivity contribution is 5.90. The SMILES string of the molecule is CC(=O)NC[C@H]1CN(c2ccc3c(c2)CCCN(C=O)C3)C(=O)O1. The molecular formula is C17H21N3O4. The molecule has 1 aromatic carbocycles. The van der Waals surface area contributed by atoms with Gasteiger partial charge in [-0.15, -0.1) is 0 Å². The lowest BCUT2D eigenvalue weighted by molar-refractivity contribution is -0.119. The predicted octanol–water partition coefficient (Wildman–Crippen LogP) is 1.05. The summed E-state index contributed by atoms with van der Waals surface area (Å²) < 4.78 is 5.30. The third kappa shape index (κ3) is 3.50. The van der Waals surface area contributed by atoms with Crippen molar-refractivity contribution in [2.75, 3.05) is 24.5 Å². The Labute approximate surface area is 140 Å². The zero-order chi connectivity index (χ0) is 17.1. The Balaban J connectivity index is 1.73. The number of nitrogens with one attached hydrogen (secondary N) is 1. The quantitative estimate of drug-likeness (QED) is 0.837. The first-order valence-corrected chi connectivity index (χ1v) is 8.10. The van der Waals surface area contributed by atoms with Gasteiger partial charge in [0.25, 0.3) is 0 Å². The molecule has 2 heterocycles. The first-order valence-electron chi connectivity index (χ1n) is 8.10. The van der Waals surface area contributed by atoms with Gasteiger partial charge < -0.3 is 15.0 Å². The first-order chi connectivity index (χ1) is 11.6. The van der Waals surface area contributed by atoms with E-state index in [1.807, 2.05) is 18.2 Å². The van der Waals surface area contributed by atoms with Crippen LogP contribution in [0.2, 0.25) is 0 Å². The number of fused-ring (bicyclic) bond motifs is 1. The second-order valence-corrected chi connectivity index (χ2v) is 6.19. The van der Waals surface area contributed by atoms with Gasteiger partial charge in [-0.1, -0.05) is 6.07 Å². The van der Waals surface area contributed by atoms with Crippen molar-refractivity contribution in [3.63, 3.8) is 0 Å². The number of benzene rings is 1. The Bertz CT molecular complexity index is 661. The molecule has 1 fully saturated rings. The average molecular weight is 331 g/mol. The second-order valence-electron chi connectivity index (χ2n) is 6.19. The van der Waals surface area contributed by atoms with Crippen LogP contribution in [0.25, 0.3) is 0 Å². The van der Waals surface area contributed by atoms with Crippen LogP contribution in [0.1, 0.15) is 24.5 Å². The zero-order valence-electron chi connectivity index (χ0n) is 13.7. The lowest BCUT2D eigenvalue weighted by Crippen LogP contribution is -2.33. The van der Waals surface area contributed by atoms with E-state index in [1.165, 1.54) is 6.92 Å². The number of carbonyl (C=O) groups is 3. The maximum absolute atomic E-state index is 12.1. The summed E-state index contributed by atoms with van der Waals surface area (Å²) in [5.41, 5.74) is 3.07. The van der Waals surface area contributed by atoms with E-state index in [2.05, 4.69) is 5.32 Å². The number of anilines is 1. The average Bonchev–Trinajstić information content (AvgIpc) is 2.81. The minimum atomic E-state index is -0.395. The van der Waals surface area contributed by atoms with E-state index in [9.17, 15) is 14.4 Å². The number of hydrogen-bond acceptors (Lipinski definition) is 4. The van der Waals surface area contributed by atoms with Crippen molar-refractivity contribution in [1.82, 2.24) is 10.2 Å². The number of aryl methyl sites for hydroxylation is 1. The van der Waals surface area contributed by atoms with Gasteiger partial charge in [-0.2, -0.15) is 0 Å². The van der Waals surface area contributed by atoms with Crippen molar-refractivity contribution < 1.29 is 19.1 Å². The zero-order valence-corrected chi connectivity index (χ0v) is 13.7. The Morgan fingerprint density at radius 2 is 2.25 bits per heavy atom. The molecule has 3 rings (SSSR count). The molecule has 1 saturated heterocycles. The van der Waals surface area contributed by atoms with Gasteiger partial charge in [0.1, 0.15) is 6.10 Å². The molecule has 0 unspecified atom stereocenters. The minimum Gasteiger partial charge on any atom is -0.442 e. The van der Waals surface area contributed by atoms with E-state index < -0.39 is 6.09 Å². The van der Waals surface area contributed by atoms with Crippen LogP contribution in [0.3, 0.4) is 0 Å². The third-order valence-electron chi connectivity index (χ3n) is 4.37. The van der Waals surface area contributed by atoms with Gasteiger partial charge in [-0.25, -0.2) is 4.79 Å². The van der Waals surface area contributed by atoms with Gasteiger partial charge in [0.15, 0.2) is 0 Å². The second kappa shape index (κ2) is 6.90. The molecule has 7 nitrogen and oxygen atoms in total. The molecule has 128 valence electrons. The van der Waals surface area contributed by atoms with Crippen LogP contribution in [0.5, 0.6) is 0 Å². The number of amides is 3. The highest BCUT2D eigenvalue weighted by atomic mass is 16.6. The van der Waals surface area contributed by atoms with Crippen molar-refractivity contribution in [3.8, 4) is 0 Å². The van der Waals surface area contributed by atoms with Crippen LogP contribution in [0, 0.1) is 0 Å². The van der Waals surface area contributed by atoms with Gasteiger partial charge >= 0.3 is 6.09 Å².